The Hall–Kier alpha value is -2.96. The minimum absolute atomic E-state index is 0.0809. The second kappa shape index (κ2) is 8.23. The number of hydrogen-bond acceptors (Lipinski definition) is 5. The molecule has 0 aliphatic heterocycles. The van der Waals surface area contributed by atoms with E-state index in [1.54, 1.807) is 56.4 Å². The van der Waals surface area contributed by atoms with Crippen molar-refractivity contribution in [3.8, 4) is 23.1 Å². The molecule has 7 nitrogen and oxygen atoms in total. The van der Waals surface area contributed by atoms with Crippen molar-refractivity contribution >= 4 is 6.09 Å². The number of benzene rings is 1. The third kappa shape index (κ3) is 5.56. The molecule has 1 amide bonds. The van der Waals surface area contributed by atoms with Crippen molar-refractivity contribution in [1.82, 2.24) is 10.0 Å². The Morgan fingerprint density at radius 2 is 1.60 bits per heavy atom. The second-order valence-electron chi connectivity index (χ2n) is 5.87. The quantitative estimate of drug-likeness (QED) is 0.751. The number of nitrogens with zero attached hydrogens (tertiary/aromatic N) is 2. The Morgan fingerprint density at radius 3 is 2.08 bits per heavy atom. The zero-order chi connectivity index (χ0) is 18.4. The van der Waals surface area contributed by atoms with Gasteiger partial charge in [-0.3, -0.25) is 0 Å². The van der Waals surface area contributed by atoms with E-state index in [-0.39, 0.29) is 12.1 Å². The molecule has 1 aromatic heterocycles. The van der Waals surface area contributed by atoms with Crippen LogP contribution in [-0.4, -0.2) is 33.4 Å². The summed E-state index contributed by atoms with van der Waals surface area (Å²) in [5.74, 6) is 2.06. The molecule has 1 heterocycles. The van der Waals surface area contributed by atoms with E-state index >= 15 is 0 Å². The summed E-state index contributed by atoms with van der Waals surface area (Å²) in [5.41, 5.74) is 0. The average molecular weight is 346 g/mol. The highest BCUT2D eigenvalue weighted by Crippen LogP contribution is 2.24. The average Bonchev–Trinajstić information content (AvgIpc) is 2.55. The number of aromatic nitrogens is 1. The van der Waals surface area contributed by atoms with Gasteiger partial charge in [0.2, 0.25) is 5.88 Å². The second-order valence-corrected chi connectivity index (χ2v) is 5.87. The molecule has 0 atom stereocenters. The molecule has 0 bridgehead atoms. The van der Waals surface area contributed by atoms with Crippen LogP contribution in [0.4, 0.5) is 4.79 Å². The zero-order valence-corrected chi connectivity index (χ0v) is 14.7. The van der Waals surface area contributed by atoms with Crippen LogP contribution in [-0.2, 0) is 0 Å². The first kappa shape index (κ1) is 18.4. The van der Waals surface area contributed by atoms with Gasteiger partial charge < -0.3 is 19.4 Å². The molecular weight excluding hydrogens is 324 g/mol. The van der Waals surface area contributed by atoms with Gasteiger partial charge in [0.15, 0.2) is 5.75 Å². The van der Waals surface area contributed by atoms with Crippen molar-refractivity contribution < 1.29 is 24.2 Å². The molecule has 7 heteroatoms. The smallest absolute Gasteiger partial charge is 0.440 e. The van der Waals surface area contributed by atoms with Crippen molar-refractivity contribution in [2.75, 3.05) is 0 Å². The predicted octanol–water partition coefficient (Wildman–Crippen LogP) is 4.34. The third-order valence-corrected chi connectivity index (χ3v) is 2.99. The van der Waals surface area contributed by atoms with Gasteiger partial charge in [-0.25, -0.2) is 9.78 Å². The van der Waals surface area contributed by atoms with Crippen LogP contribution in [0.5, 0.6) is 23.1 Å². The van der Waals surface area contributed by atoms with Crippen LogP contribution in [0.15, 0.2) is 42.6 Å². The van der Waals surface area contributed by atoms with E-state index in [4.69, 9.17) is 19.4 Å². The summed E-state index contributed by atoms with van der Waals surface area (Å²) in [4.78, 5) is 20.6. The van der Waals surface area contributed by atoms with Gasteiger partial charge in [0.1, 0.15) is 11.5 Å². The van der Waals surface area contributed by atoms with Crippen molar-refractivity contribution in [2.24, 2.45) is 0 Å². The Morgan fingerprint density at radius 1 is 1.00 bits per heavy atom. The molecule has 1 aromatic carbocycles. The molecule has 0 fully saturated rings. The topological polar surface area (TPSA) is 81.1 Å². The summed E-state index contributed by atoms with van der Waals surface area (Å²) in [6.07, 6.45) is 0.528. The molecule has 0 unspecified atom stereocenters. The van der Waals surface area contributed by atoms with Gasteiger partial charge in [-0.2, -0.15) is 0 Å². The van der Waals surface area contributed by atoms with Gasteiger partial charge in [-0.15, -0.1) is 5.06 Å². The summed E-state index contributed by atoms with van der Waals surface area (Å²) in [6.45, 7) is 7.34. The van der Waals surface area contributed by atoms with Crippen LogP contribution in [0.25, 0.3) is 0 Å². The van der Waals surface area contributed by atoms with E-state index in [9.17, 15) is 4.79 Å². The highest BCUT2D eigenvalue weighted by Gasteiger charge is 2.17. The van der Waals surface area contributed by atoms with Crippen molar-refractivity contribution in [3.05, 3.63) is 42.6 Å². The first-order chi connectivity index (χ1) is 11.8. The third-order valence-electron chi connectivity index (χ3n) is 2.99. The number of carbonyl (C=O) groups is 1. The van der Waals surface area contributed by atoms with Gasteiger partial charge in [0.25, 0.3) is 0 Å². The van der Waals surface area contributed by atoms with Gasteiger partial charge in [0.05, 0.1) is 18.3 Å². The molecule has 134 valence electrons. The number of amides is 1. The number of hydroxylamine groups is 2. The molecule has 1 N–H and O–H groups in total. The maximum absolute atomic E-state index is 11.1. The molecule has 2 rings (SSSR count). The van der Waals surface area contributed by atoms with Crippen molar-refractivity contribution in [1.29, 1.82) is 0 Å². The summed E-state index contributed by atoms with van der Waals surface area (Å²) in [7, 11) is 0. The van der Waals surface area contributed by atoms with Crippen LogP contribution < -0.4 is 14.3 Å². The highest BCUT2D eigenvalue weighted by molar-refractivity contribution is 5.64. The monoisotopic (exact) mass is 346 g/mol. The highest BCUT2D eigenvalue weighted by atomic mass is 16.7. The van der Waals surface area contributed by atoms with E-state index in [1.165, 1.54) is 0 Å². The van der Waals surface area contributed by atoms with E-state index in [0.29, 0.717) is 23.1 Å². The minimum Gasteiger partial charge on any atom is -0.489 e. The maximum atomic E-state index is 11.1. The van der Waals surface area contributed by atoms with Crippen LogP contribution in [0.2, 0.25) is 0 Å². The molecule has 0 saturated heterocycles. The summed E-state index contributed by atoms with van der Waals surface area (Å²) in [5, 5.41) is 9.97. The molecule has 0 spiro atoms. The van der Waals surface area contributed by atoms with E-state index in [0.717, 1.165) is 5.06 Å². The van der Waals surface area contributed by atoms with Crippen molar-refractivity contribution in [2.45, 2.75) is 39.8 Å². The molecule has 0 aliphatic rings. The van der Waals surface area contributed by atoms with Crippen molar-refractivity contribution in [3.63, 3.8) is 0 Å². The molecule has 2 aromatic rings. The Kier molecular flexibility index (Phi) is 6.05. The van der Waals surface area contributed by atoms with Gasteiger partial charge in [-0.1, -0.05) is 0 Å². The standard InChI is InChI=1S/C18H22N2O5/c1-12(2)20(18(21)22)25-15-7-5-14(6-8-15)24-17-10-9-16(11-19-17)23-13(3)4/h5-13H,1-4H3,(H,21,22). The number of carboxylic acid groups (broad SMARTS) is 1. The molecule has 0 aliphatic carbocycles. The lowest BCUT2D eigenvalue weighted by Gasteiger charge is -2.22. The Balaban J connectivity index is 1.99. The molecule has 0 saturated carbocycles. The summed E-state index contributed by atoms with van der Waals surface area (Å²) < 4.78 is 11.2. The number of rotatable bonds is 7. The Bertz CT molecular complexity index is 684. The number of ether oxygens (including phenoxy) is 2. The fourth-order valence-electron chi connectivity index (χ4n) is 1.94. The lowest BCUT2D eigenvalue weighted by molar-refractivity contribution is -0.0587. The van der Waals surface area contributed by atoms with E-state index < -0.39 is 6.09 Å². The largest absolute Gasteiger partial charge is 0.489 e. The lowest BCUT2D eigenvalue weighted by atomic mass is 10.3. The lowest BCUT2D eigenvalue weighted by Crippen LogP contribution is -2.38. The number of hydrogen-bond donors (Lipinski definition) is 1. The molecule has 25 heavy (non-hydrogen) atoms. The van der Waals surface area contributed by atoms with Crippen LogP contribution in [0, 0.1) is 0 Å². The fourth-order valence-corrected chi connectivity index (χ4v) is 1.94. The minimum atomic E-state index is -1.15. The summed E-state index contributed by atoms with van der Waals surface area (Å²) in [6, 6.07) is 9.81. The number of pyridine rings is 1. The van der Waals surface area contributed by atoms with Gasteiger partial charge >= 0.3 is 6.09 Å². The zero-order valence-electron chi connectivity index (χ0n) is 14.7. The first-order valence-electron chi connectivity index (χ1n) is 7.96. The van der Waals surface area contributed by atoms with Crippen LogP contribution in [0.1, 0.15) is 27.7 Å². The normalized spacial score (nSPS) is 10.6. The first-order valence-corrected chi connectivity index (χ1v) is 7.96. The SMILES string of the molecule is CC(C)Oc1ccc(Oc2ccc(ON(C(=O)O)C(C)C)cc2)nc1. The molecular formula is C18H22N2O5. The van der Waals surface area contributed by atoms with E-state index in [2.05, 4.69) is 4.98 Å². The molecule has 0 radical (unpaired) electrons. The predicted molar refractivity (Wildman–Crippen MR) is 92.1 cm³/mol. The van der Waals surface area contributed by atoms with Gasteiger partial charge in [0, 0.05) is 6.07 Å². The Labute approximate surface area is 146 Å². The maximum Gasteiger partial charge on any atom is 0.440 e. The van der Waals surface area contributed by atoms with Crippen LogP contribution >= 0.6 is 0 Å². The fraction of sp³-hybridized carbons (Fsp3) is 0.333. The van der Waals surface area contributed by atoms with Crippen LogP contribution in [0.3, 0.4) is 0 Å². The van der Waals surface area contributed by atoms with E-state index in [1.807, 2.05) is 13.8 Å². The van der Waals surface area contributed by atoms with Gasteiger partial charge in [-0.05, 0) is 58.0 Å². The summed E-state index contributed by atoms with van der Waals surface area (Å²) >= 11 is 0.